The molecule has 0 aliphatic heterocycles. The largest absolute Gasteiger partial charge is 0.508 e. The monoisotopic (exact) mass is 370 g/mol. The van der Waals surface area contributed by atoms with Crippen LogP contribution in [0.2, 0.25) is 5.02 Å². The van der Waals surface area contributed by atoms with Crippen molar-refractivity contribution in [2.75, 3.05) is 7.11 Å². The van der Waals surface area contributed by atoms with E-state index in [1.807, 2.05) is 12.1 Å². The number of aromatic amines is 1. The van der Waals surface area contributed by atoms with Gasteiger partial charge in [0.05, 0.1) is 17.5 Å². The molecule has 0 fully saturated rings. The first-order valence-corrected chi connectivity index (χ1v) is 8.05. The number of nitrogens with one attached hydrogen (secondary N) is 1. The Morgan fingerprint density at radius 2 is 1.96 bits per heavy atom. The third-order valence-electron chi connectivity index (χ3n) is 4.18. The maximum Gasteiger partial charge on any atom is 0.296 e. The number of hydrogen-bond donors (Lipinski definition) is 2. The molecule has 0 spiro atoms. The first-order valence-electron chi connectivity index (χ1n) is 7.67. The van der Waals surface area contributed by atoms with Gasteiger partial charge in [0.15, 0.2) is 5.82 Å². The quantitative estimate of drug-likeness (QED) is 0.553. The lowest BCUT2D eigenvalue weighted by atomic mass is 9.96. The lowest BCUT2D eigenvalue weighted by molar-refractivity contribution is 0.380. The van der Waals surface area contributed by atoms with E-state index < -0.39 is 11.4 Å². The van der Waals surface area contributed by atoms with Crippen molar-refractivity contribution < 1.29 is 14.2 Å². The van der Waals surface area contributed by atoms with Gasteiger partial charge >= 0.3 is 0 Å². The minimum atomic E-state index is -0.757. The third kappa shape index (κ3) is 2.46. The van der Waals surface area contributed by atoms with Crippen LogP contribution in [0.5, 0.6) is 11.8 Å². The molecule has 0 unspecified atom stereocenters. The van der Waals surface area contributed by atoms with Crippen LogP contribution in [0.3, 0.4) is 0 Å². The molecule has 2 N–H and O–H groups in total. The predicted octanol–water partition coefficient (Wildman–Crippen LogP) is 4.25. The van der Waals surface area contributed by atoms with Gasteiger partial charge in [0.25, 0.3) is 11.6 Å². The van der Waals surface area contributed by atoms with E-state index in [4.69, 9.17) is 16.3 Å². The summed E-state index contributed by atoms with van der Waals surface area (Å²) in [6.45, 7) is 0. The summed E-state index contributed by atoms with van der Waals surface area (Å²) in [5, 5.41) is 11.5. The highest BCUT2D eigenvalue weighted by Gasteiger charge is 2.20. The number of nitrogens with zero attached hydrogens (tertiary/aromatic N) is 1. The third-order valence-corrected chi connectivity index (χ3v) is 4.48. The van der Waals surface area contributed by atoms with Crippen LogP contribution in [0, 0.1) is 5.82 Å². The van der Waals surface area contributed by atoms with Crippen LogP contribution in [0.1, 0.15) is 0 Å². The van der Waals surface area contributed by atoms with E-state index in [-0.39, 0.29) is 33.2 Å². The number of ether oxygens (including phenoxy) is 1. The van der Waals surface area contributed by atoms with E-state index in [9.17, 15) is 9.90 Å². The Morgan fingerprint density at radius 1 is 1.19 bits per heavy atom. The van der Waals surface area contributed by atoms with Gasteiger partial charge in [-0.15, -0.1) is 0 Å². The molecule has 4 rings (SSSR count). The minimum absolute atomic E-state index is 0.0153. The molecule has 0 saturated carbocycles. The number of phenols is 1. The molecule has 0 aliphatic carbocycles. The molecule has 0 amide bonds. The van der Waals surface area contributed by atoms with Gasteiger partial charge in [-0.1, -0.05) is 35.9 Å². The number of H-pyrrole nitrogens is 1. The van der Waals surface area contributed by atoms with Crippen molar-refractivity contribution in [3.8, 4) is 22.9 Å². The highest BCUT2D eigenvalue weighted by molar-refractivity contribution is 6.34. The molecule has 26 heavy (non-hydrogen) atoms. The van der Waals surface area contributed by atoms with Gasteiger partial charge in [-0.05, 0) is 34.5 Å². The first kappa shape index (κ1) is 16.4. The average molecular weight is 371 g/mol. The summed E-state index contributed by atoms with van der Waals surface area (Å²) < 4.78 is 20.3. The van der Waals surface area contributed by atoms with Crippen molar-refractivity contribution in [3.05, 3.63) is 63.7 Å². The normalized spacial score (nSPS) is 11.2. The van der Waals surface area contributed by atoms with Crippen molar-refractivity contribution >= 4 is 33.3 Å². The molecule has 0 atom stereocenters. The summed E-state index contributed by atoms with van der Waals surface area (Å²) in [6, 6.07) is 11.5. The topological polar surface area (TPSA) is 75.2 Å². The second-order valence-electron chi connectivity index (χ2n) is 5.73. The van der Waals surface area contributed by atoms with Crippen LogP contribution in [0.25, 0.3) is 32.8 Å². The molecular weight excluding hydrogens is 359 g/mol. The summed E-state index contributed by atoms with van der Waals surface area (Å²) in [6.07, 6.45) is 0. The summed E-state index contributed by atoms with van der Waals surface area (Å²) in [5.41, 5.74) is -0.241. The Morgan fingerprint density at radius 3 is 2.73 bits per heavy atom. The molecule has 1 aromatic heterocycles. The van der Waals surface area contributed by atoms with Crippen LogP contribution in [0.15, 0.2) is 47.3 Å². The smallest absolute Gasteiger partial charge is 0.296 e. The van der Waals surface area contributed by atoms with Crippen molar-refractivity contribution in [1.82, 2.24) is 9.97 Å². The second kappa shape index (κ2) is 6.00. The van der Waals surface area contributed by atoms with Crippen molar-refractivity contribution in [2.24, 2.45) is 0 Å². The molecule has 0 radical (unpaired) electrons. The zero-order valence-electron chi connectivity index (χ0n) is 13.5. The van der Waals surface area contributed by atoms with Crippen LogP contribution >= 0.6 is 11.6 Å². The van der Waals surface area contributed by atoms with Crippen molar-refractivity contribution in [2.45, 2.75) is 0 Å². The minimum Gasteiger partial charge on any atom is -0.508 e. The molecule has 0 saturated heterocycles. The van der Waals surface area contributed by atoms with Gasteiger partial charge in [0.2, 0.25) is 0 Å². The van der Waals surface area contributed by atoms with Crippen LogP contribution in [-0.4, -0.2) is 22.2 Å². The average Bonchev–Trinajstić information content (AvgIpc) is 2.62. The lowest BCUT2D eigenvalue weighted by Gasteiger charge is -2.13. The maximum absolute atomic E-state index is 15.3. The number of hydrogen-bond acceptors (Lipinski definition) is 4. The van der Waals surface area contributed by atoms with E-state index in [0.717, 1.165) is 5.39 Å². The SMILES string of the molecule is COc1nc2c(F)c(-c3cc(O)cc4ccccc34)c(Cl)cc2c(=O)[nH]1. The maximum atomic E-state index is 15.3. The highest BCUT2D eigenvalue weighted by Crippen LogP contribution is 2.40. The molecule has 4 aromatic rings. The van der Waals surface area contributed by atoms with Gasteiger partial charge in [-0.25, -0.2) is 4.39 Å². The van der Waals surface area contributed by atoms with E-state index in [1.165, 1.54) is 19.2 Å². The molecule has 7 heteroatoms. The van der Waals surface area contributed by atoms with E-state index >= 15 is 4.39 Å². The fourth-order valence-corrected chi connectivity index (χ4v) is 3.32. The Kier molecular flexibility index (Phi) is 3.77. The number of halogens is 2. The van der Waals surface area contributed by atoms with Gasteiger partial charge in [-0.2, -0.15) is 4.98 Å². The van der Waals surface area contributed by atoms with E-state index in [0.29, 0.717) is 10.9 Å². The van der Waals surface area contributed by atoms with E-state index in [2.05, 4.69) is 9.97 Å². The molecule has 0 bridgehead atoms. The molecule has 130 valence electrons. The Labute approximate surface area is 151 Å². The van der Waals surface area contributed by atoms with Crippen molar-refractivity contribution in [3.63, 3.8) is 0 Å². The lowest BCUT2D eigenvalue weighted by Crippen LogP contribution is -2.11. The van der Waals surface area contributed by atoms with Gasteiger partial charge in [-0.3, -0.25) is 9.78 Å². The number of rotatable bonds is 2. The van der Waals surface area contributed by atoms with Crippen molar-refractivity contribution in [1.29, 1.82) is 0 Å². The number of benzene rings is 3. The number of aromatic hydroxyl groups is 1. The second-order valence-corrected chi connectivity index (χ2v) is 6.14. The number of fused-ring (bicyclic) bond motifs is 2. The number of methoxy groups -OCH3 is 1. The zero-order valence-corrected chi connectivity index (χ0v) is 14.3. The predicted molar refractivity (Wildman–Crippen MR) is 98.5 cm³/mol. The molecule has 3 aromatic carbocycles. The molecule has 5 nitrogen and oxygen atoms in total. The molecule has 0 aliphatic rings. The Hall–Kier alpha value is -3.12. The summed E-state index contributed by atoms with van der Waals surface area (Å²) in [4.78, 5) is 18.5. The Bertz CT molecular complexity index is 1240. The highest BCUT2D eigenvalue weighted by atomic mass is 35.5. The van der Waals surface area contributed by atoms with E-state index in [1.54, 1.807) is 18.2 Å². The summed E-state index contributed by atoms with van der Waals surface area (Å²) in [5.74, 6) is -0.779. The summed E-state index contributed by atoms with van der Waals surface area (Å²) >= 11 is 6.31. The van der Waals surface area contributed by atoms with Gasteiger partial charge < -0.3 is 9.84 Å². The first-order chi connectivity index (χ1) is 12.5. The van der Waals surface area contributed by atoms with Gasteiger partial charge in [0, 0.05) is 5.56 Å². The van der Waals surface area contributed by atoms with Crippen LogP contribution in [0.4, 0.5) is 4.39 Å². The fourth-order valence-electron chi connectivity index (χ4n) is 3.03. The Balaban J connectivity index is 2.15. The standard InChI is InChI=1S/C19H12ClFN2O3/c1-26-19-22-17-13(18(25)23-19)8-14(20)15(16(17)21)12-7-10(24)6-9-4-2-3-5-11(9)12/h2-8,24H,1H3,(H,22,23,25). The van der Waals surface area contributed by atoms with Gasteiger partial charge in [0.1, 0.15) is 11.3 Å². The molecular formula is C19H12ClFN2O3. The van der Waals surface area contributed by atoms with Crippen LogP contribution < -0.4 is 10.3 Å². The fraction of sp³-hybridized carbons (Fsp3) is 0.0526. The molecule has 1 heterocycles. The zero-order chi connectivity index (χ0) is 18.4. The van der Waals surface area contributed by atoms with Crippen LogP contribution in [-0.2, 0) is 0 Å². The number of phenolic OH excluding ortho intramolecular Hbond substituents is 1. The number of aromatic nitrogens is 2. The summed E-state index contributed by atoms with van der Waals surface area (Å²) in [7, 11) is 1.32.